The molecule has 1 heterocycles. The number of esters is 1. The number of ether oxygens (including phenoxy) is 3. The van der Waals surface area contributed by atoms with Crippen LogP contribution in [-0.4, -0.2) is 32.1 Å². The summed E-state index contributed by atoms with van der Waals surface area (Å²) in [7, 11) is 1.40. The van der Waals surface area contributed by atoms with Gasteiger partial charge in [-0.15, -0.1) is 0 Å². The predicted octanol–water partition coefficient (Wildman–Crippen LogP) is 3.21. The van der Waals surface area contributed by atoms with Crippen molar-refractivity contribution in [3.8, 4) is 0 Å². The van der Waals surface area contributed by atoms with Crippen molar-refractivity contribution in [2.75, 3.05) is 20.3 Å². The largest absolute Gasteiger partial charge is 0.466 e. The van der Waals surface area contributed by atoms with Crippen molar-refractivity contribution < 1.29 is 19.0 Å². The normalized spacial score (nSPS) is 23.1. The minimum absolute atomic E-state index is 0.121. The Balaban J connectivity index is 2.00. The SMILES string of the molecule is CCCCCCC1(C2(C=CC(=O)OC)CC2)OCCO1. The van der Waals surface area contributed by atoms with Gasteiger partial charge in [-0.2, -0.15) is 0 Å². The molecule has 0 bridgehead atoms. The molecule has 4 heteroatoms. The maximum absolute atomic E-state index is 11.3. The molecule has 2 rings (SSSR count). The molecule has 4 nitrogen and oxygen atoms in total. The highest BCUT2D eigenvalue weighted by Crippen LogP contribution is 2.60. The Kier molecular flexibility index (Phi) is 5.22. The summed E-state index contributed by atoms with van der Waals surface area (Å²) < 4.78 is 16.7. The first kappa shape index (κ1) is 15.5. The summed E-state index contributed by atoms with van der Waals surface area (Å²) in [6.07, 6.45) is 11.2. The monoisotopic (exact) mass is 282 g/mol. The van der Waals surface area contributed by atoms with Gasteiger partial charge in [0.15, 0.2) is 5.79 Å². The maximum atomic E-state index is 11.3. The van der Waals surface area contributed by atoms with Gasteiger partial charge in [0, 0.05) is 17.9 Å². The molecule has 1 saturated heterocycles. The van der Waals surface area contributed by atoms with Crippen LogP contribution >= 0.6 is 0 Å². The molecule has 2 aliphatic rings. The van der Waals surface area contributed by atoms with Crippen LogP contribution in [0.4, 0.5) is 0 Å². The molecular formula is C16H26O4. The fourth-order valence-corrected chi connectivity index (χ4v) is 3.02. The van der Waals surface area contributed by atoms with Crippen LogP contribution < -0.4 is 0 Å². The van der Waals surface area contributed by atoms with E-state index < -0.39 is 5.79 Å². The second kappa shape index (κ2) is 6.72. The molecular weight excluding hydrogens is 256 g/mol. The van der Waals surface area contributed by atoms with Crippen LogP contribution in [0, 0.1) is 5.41 Å². The van der Waals surface area contributed by atoms with E-state index in [-0.39, 0.29) is 11.4 Å². The molecule has 0 unspecified atom stereocenters. The third-order valence-electron chi connectivity index (χ3n) is 4.40. The zero-order valence-corrected chi connectivity index (χ0v) is 12.7. The van der Waals surface area contributed by atoms with Gasteiger partial charge in [-0.05, 0) is 19.3 Å². The van der Waals surface area contributed by atoms with E-state index in [1.54, 1.807) is 0 Å². The fraction of sp³-hybridized carbons (Fsp3) is 0.812. The lowest BCUT2D eigenvalue weighted by molar-refractivity contribution is -0.199. The third-order valence-corrected chi connectivity index (χ3v) is 4.40. The second-order valence-electron chi connectivity index (χ2n) is 5.77. The topological polar surface area (TPSA) is 44.8 Å². The fourth-order valence-electron chi connectivity index (χ4n) is 3.02. The highest BCUT2D eigenvalue weighted by atomic mass is 16.7. The first-order valence-corrected chi connectivity index (χ1v) is 7.73. The van der Waals surface area contributed by atoms with E-state index in [1.807, 2.05) is 6.08 Å². The molecule has 0 atom stereocenters. The van der Waals surface area contributed by atoms with Gasteiger partial charge in [-0.1, -0.05) is 32.3 Å². The van der Waals surface area contributed by atoms with Crippen molar-refractivity contribution >= 4 is 5.97 Å². The molecule has 1 aliphatic heterocycles. The lowest BCUT2D eigenvalue weighted by Gasteiger charge is -2.34. The number of rotatable bonds is 8. The predicted molar refractivity (Wildman–Crippen MR) is 76.2 cm³/mol. The van der Waals surface area contributed by atoms with Gasteiger partial charge in [0.05, 0.1) is 20.3 Å². The minimum Gasteiger partial charge on any atom is -0.466 e. The third kappa shape index (κ3) is 3.23. The van der Waals surface area contributed by atoms with Crippen LogP contribution in [0.1, 0.15) is 51.9 Å². The van der Waals surface area contributed by atoms with E-state index in [2.05, 4.69) is 11.7 Å². The van der Waals surface area contributed by atoms with E-state index >= 15 is 0 Å². The van der Waals surface area contributed by atoms with Crippen molar-refractivity contribution in [2.24, 2.45) is 5.41 Å². The zero-order valence-electron chi connectivity index (χ0n) is 12.7. The van der Waals surface area contributed by atoms with Gasteiger partial charge in [0.25, 0.3) is 0 Å². The molecule has 0 aromatic carbocycles. The average molecular weight is 282 g/mol. The van der Waals surface area contributed by atoms with Crippen LogP contribution in [-0.2, 0) is 19.0 Å². The number of carbonyl (C=O) groups excluding carboxylic acids is 1. The smallest absolute Gasteiger partial charge is 0.330 e. The first-order chi connectivity index (χ1) is 9.68. The molecule has 0 aromatic heterocycles. The Morgan fingerprint density at radius 1 is 1.20 bits per heavy atom. The molecule has 20 heavy (non-hydrogen) atoms. The zero-order chi connectivity index (χ0) is 14.5. The molecule has 1 saturated carbocycles. The van der Waals surface area contributed by atoms with E-state index in [1.165, 1.54) is 32.4 Å². The summed E-state index contributed by atoms with van der Waals surface area (Å²) in [4.78, 5) is 11.3. The van der Waals surface area contributed by atoms with Gasteiger partial charge >= 0.3 is 5.97 Å². The van der Waals surface area contributed by atoms with E-state index in [4.69, 9.17) is 9.47 Å². The van der Waals surface area contributed by atoms with Crippen molar-refractivity contribution in [3.63, 3.8) is 0 Å². The quantitative estimate of drug-likeness (QED) is 0.389. The summed E-state index contributed by atoms with van der Waals surface area (Å²) in [5, 5.41) is 0. The van der Waals surface area contributed by atoms with E-state index in [0.717, 1.165) is 25.7 Å². The summed E-state index contributed by atoms with van der Waals surface area (Å²) in [5.41, 5.74) is -0.121. The van der Waals surface area contributed by atoms with Gasteiger partial charge in [0.2, 0.25) is 0 Å². The molecule has 1 aliphatic carbocycles. The van der Waals surface area contributed by atoms with Crippen molar-refractivity contribution in [1.29, 1.82) is 0 Å². The Hall–Kier alpha value is -0.870. The molecule has 0 N–H and O–H groups in total. The number of hydrogen-bond donors (Lipinski definition) is 0. The minimum atomic E-state index is -0.509. The lowest BCUT2D eigenvalue weighted by atomic mass is 9.89. The molecule has 2 fully saturated rings. The van der Waals surface area contributed by atoms with Crippen molar-refractivity contribution in [2.45, 2.75) is 57.7 Å². The van der Waals surface area contributed by atoms with Crippen LogP contribution in [0.25, 0.3) is 0 Å². The average Bonchev–Trinajstić information content (AvgIpc) is 3.12. The van der Waals surface area contributed by atoms with Crippen LogP contribution in [0.5, 0.6) is 0 Å². The van der Waals surface area contributed by atoms with Crippen molar-refractivity contribution in [1.82, 2.24) is 0 Å². The Morgan fingerprint density at radius 3 is 2.45 bits per heavy atom. The van der Waals surface area contributed by atoms with Gasteiger partial charge < -0.3 is 14.2 Å². The first-order valence-electron chi connectivity index (χ1n) is 7.73. The number of hydrogen-bond acceptors (Lipinski definition) is 4. The molecule has 0 radical (unpaired) electrons. The van der Waals surface area contributed by atoms with E-state index in [0.29, 0.717) is 13.2 Å². The van der Waals surface area contributed by atoms with E-state index in [9.17, 15) is 4.79 Å². The van der Waals surface area contributed by atoms with Crippen LogP contribution in [0.3, 0.4) is 0 Å². The number of carbonyl (C=O) groups is 1. The highest BCUT2D eigenvalue weighted by Gasteiger charge is 2.61. The Morgan fingerprint density at radius 2 is 1.90 bits per heavy atom. The van der Waals surface area contributed by atoms with Crippen LogP contribution in [0.2, 0.25) is 0 Å². The van der Waals surface area contributed by atoms with Gasteiger partial charge in [0.1, 0.15) is 0 Å². The van der Waals surface area contributed by atoms with Crippen LogP contribution in [0.15, 0.2) is 12.2 Å². The molecule has 0 amide bonds. The molecule has 0 aromatic rings. The standard InChI is InChI=1S/C16H26O4/c1-3-4-5-6-8-16(19-12-13-20-16)15(10-11-15)9-7-14(17)18-2/h7,9H,3-6,8,10-13H2,1-2H3. The van der Waals surface area contributed by atoms with Crippen molar-refractivity contribution in [3.05, 3.63) is 12.2 Å². The maximum Gasteiger partial charge on any atom is 0.330 e. The summed E-state index contributed by atoms with van der Waals surface area (Å²) >= 11 is 0. The summed E-state index contributed by atoms with van der Waals surface area (Å²) in [6, 6.07) is 0. The number of methoxy groups -OCH3 is 1. The Bertz CT molecular complexity index is 351. The van der Waals surface area contributed by atoms with Gasteiger partial charge in [-0.25, -0.2) is 4.79 Å². The highest BCUT2D eigenvalue weighted by molar-refractivity contribution is 5.82. The number of unbranched alkanes of at least 4 members (excludes halogenated alkanes) is 3. The second-order valence-corrected chi connectivity index (χ2v) is 5.77. The van der Waals surface area contributed by atoms with Gasteiger partial charge in [-0.3, -0.25) is 0 Å². The summed E-state index contributed by atoms with van der Waals surface area (Å²) in [6.45, 7) is 3.52. The summed E-state index contributed by atoms with van der Waals surface area (Å²) in [5.74, 6) is -0.818. The Labute approximate surface area is 121 Å². The lowest BCUT2D eigenvalue weighted by Crippen LogP contribution is -2.40. The molecule has 0 spiro atoms. The molecule has 114 valence electrons.